The van der Waals surface area contributed by atoms with Crippen LogP contribution < -0.4 is 15.2 Å². The Labute approximate surface area is 157 Å². The molecule has 27 heavy (non-hydrogen) atoms. The normalized spacial score (nSPS) is 15.3. The van der Waals surface area contributed by atoms with E-state index >= 15 is 0 Å². The summed E-state index contributed by atoms with van der Waals surface area (Å²) in [4.78, 5) is 29.5. The number of piperazine rings is 1. The summed E-state index contributed by atoms with van der Waals surface area (Å²) in [5.41, 5.74) is 2.57. The lowest BCUT2D eigenvalue weighted by molar-refractivity contribution is 0.245. The van der Waals surface area contributed by atoms with Crippen molar-refractivity contribution in [1.29, 1.82) is 0 Å². The third kappa shape index (κ3) is 3.48. The lowest BCUT2D eigenvalue weighted by Crippen LogP contribution is -2.46. The summed E-state index contributed by atoms with van der Waals surface area (Å²) in [6.45, 7) is 4.10. The zero-order valence-corrected chi connectivity index (χ0v) is 15.5. The second-order valence-corrected chi connectivity index (χ2v) is 6.64. The van der Waals surface area contributed by atoms with E-state index in [0.29, 0.717) is 18.1 Å². The number of benzene rings is 1. The van der Waals surface area contributed by atoms with Crippen molar-refractivity contribution >= 4 is 16.6 Å². The highest BCUT2D eigenvalue weighted by molar-refractivity contribution is 5.86. The molecule has 8 heteroatoms. The van der Waals surface area contributed by atoms with Crippen molar-refractivity contribution in [3.63, 3.8) is 0 Å². The Bertz CT molecular complexity index is 1010. The zero-order chi connectivity index (χ0) is 18.8. The second kappa shape index (κ2) is 7.32. The Balaban J connectivity index is 1.47. The molecule has 140 valence electrons. The van der Waals surface area contributed by atoms with Gasteiger partial charge >= 0.3 is 0 Å². The van der Waals surface area contributed by atoms with Crippen LogP contribution in [0.1, 0.15) is 5.69 Å². The number of anilines is 1. The fourth-order valence-electron chi connectivity index (χ4n) is 3.41. The highest BCUT2D eigenvalue weighted by Crippen LogP contribution is 2.27. The molecule has 1 saturated heterocycles. The van der Waals surface area contributed by atoms with Crippen LogP contribution in [0.25, 0.3) is 10.9 Å². The van der Waals surface area contributed by atoms with E-state index in [4.69, 9.17) is 4.74 Å². The molecule has 1 fully saturated rings. The van der Waals surface area contributed by atoms with Crippen LogP contribution in [0, 0.1) is 0 Å². The second-order valence-electron chi connectivity index (χ2n) is 6.64. The van der Waals surface area contributed by atoms with Gasteiger partial charge in [0.2, 0.25) is 5.88 Å². The number of aromatic nitrogens is 4. The number of rotatable bonds is 4. The van der Waals surface area contributed by atoms with E-state index in [2.05, 4.69) is 36.9 Å². The molecular formula is C19H22N6O2. The van der Waals surface area contributed by atoms with Crippen molar-refractivity contribution in [2.45, 2.75) is 6.54 Å². The number of hydrogen-bond acceptors (Lipinski definition) is 7. The van der Waals surface area contributed by atoms with E-state index in [9.17, 15) is 4.79 Å². The van der Waals surface area contributed by atoms with Gasteiger partial charge in [0.25, 0.3) is 5.56 Å². The van der Waals surface area contributed by atoms with Gasteiger partial charge in [-0.3, -0.25) is 14.7 Å². The number of methoxy groups -OCH3 is 1. The van der Waals surface area contributed by atoms with Crippen LogP contribution in [-0.4, -0.2) is 57.7 Å². The predicted molar refractivity (Wildman–Crippen MR) is 103 cm³/mol. The fraction of sp³-hybridized carbons (Fsp3) is 0.368. The molecule has 0 aliphatic carbocycles. The molecule has 0 saturated carbocycles. The summed E-state index contributed by atoms with van der Waals surface area (Å²) in [7, 11) is 3.37. The molecule has 2 aromatic heterocycles. The molecule has 8 nitrogen and oxygen atoms in total. The van der Waals surface area contributed by atoms with E-state index in [1.54, 1.807) is 31.1 Å². The quantitative estimate of drug-likeness (QED) is 0.683. The third-order valence-electron chi connectivity index (χ3n) is 4.97. The molecular weight excluding hydrogens is 344 g/mol. The monoisotopic (exact) mass is 366 g/mol. The molecule has 0 N–H and O–H groups in total. The van der Waals surface area contributed by atoms with Crippen molar-refractivity contribution in [2.75, 3.05) is 38.2 Å². The van der Waals surface area contributed by atoms with Gasteiger partial charge in [-0.2, -0.15) is 0 Å². The minimum Gasteiger partial charge on any atom is -0.480 e. The fourth-order valence-corrected chi connectivity index (χ4v) is 3.41. The first-order valence-electron chi connectivity index (χ1n) is 8.92. The molecule has 0 bridgehead atoms. The van der Waals surface area contributed by atoms with Crippen LogP contribution in [0.15, 0.2) is 41.7 Å². The first-order valence-corrected chi connectivity index (χ1v) is 8.92. The number of hydrogen-bond donors (Lipinski definition) is 0. The lowest BCUT2D eigenvalue weighted by Gasteiger charge is -2.36. The molecule has 1 aliphatic heterocycles. The standard InChI is InChI=1S/C19H22N6O2/c1-23-6-5-20-17(19(23)26)12-24-7-9-25(10-8-24)14-3-4-16-15(11-14)18(27-2)22-13-21-16/h3-6,11,13H,7-10,12H2,1-2H3. The molecule has 0 atom stereocenters. The average Bonchev–Trinajstić information content (AvgIpc) is 2.71. The summed E-state index contributed by atoms with van der Waals surface area (Å²) in [5, 5.41) is 0.914. The van der Waals surface area contributed by atoms with Crippen LogP contribution in [-0.2, 0) is 13.6 Å². The Morgan fingerprint density at radius 3 is 2.70 bits per heavy atom. The number of ether oxygens (including phenoxy) is 1. The smallest absolute Gasteiger partial charge is 0.273 e. The van der Waals surface area contributed by atoms with Crippen molar-refractivity contribution < 1.29 is 4.74 Å². The van der Waals surface area contributed by atoms with Crippen LogP contribution in [0.2, 0.25) is 0 Å². The lowest BCUT2D eigenvalue weighted by atomic mass is 10.2. The van der Waals surface area contributed by atoms with Crippen molar-refractivity contribution in [2.24, 2.45) is 7.05 Å². The summed E-state index contributed by atoms with van der Waals surface area (Å²) in [6.07, 6.45) is 4.88. The van der Waals surface area contributed by atoms with Gasteiger partial charge in [-0.15, -0.1) is 0 Å². The number of nitrogens with zero attached hydrogens (tertiary/aromatic N) is 6. The molecule has 0 amide bonds. The van der Waals surface area contributed by atoms with Gasteiger partial charge in [0, 0.05) is 57.9 Å². The molecule has 3 aromatic rings. The largest absolute Gasteiger partial charge is 0.480 e. The first kappa shape index (κ1) is 17.4. The molecule has 1 aromatic carbocycles. The van der Waals surface area contributed by atoms with E-state index in [1.165, 1.54) is 6.33 Å². The van der Waals surface area contributed by atoms with Gasteiger partial charge in [0.1, 0.15) is 12.0 Å². The van der Waals surface area contributed by atoms with Crippen LogP contribution in [0.5, 0.6) is 5.88 Å². The van der Waals surface area contributed by atoms with E-state index < -0.39 is 0 Å². The van der Waals surface area contributed by atoms with Gasteiger partial charge in [0.05, 0.1) is 18.0 Å². The van der Waals surface area contributed by atoms with Gasteiger partial charge < -0.3 is 14.2 Å². The first-order chi connectivity index (χ1) is 13.2. The maximum atomic E-state index is 12.2. The minimum absolute atomic E-state index is 0.0263. The van der Waals surface area contributed by atoms with Crippen molar-refractivity contribution in [3.8, 4) is 5.88 Å². The SMILES string of the molecule is COc1ncnc2ccc(N3CCN(Cc4nccn(C)c4=O)CC3)cc12. The average molecular weight is 366 g/mol. The van der Waals surface area contributed by atoms with E-state index in [-0.39, 0.29) is 5.56 Å². The maximum Gasteiger partial charge on any atom is 0.273 e. The van der Waals surface area contributed by atoms with Gasteiger partial charge in [-0.25, -0.2) is 9.97 Å². The summed E-state index contributed by atoms with van der Waals surface area (Å²) >= 11 is 0. The predicted octanol–water partition coefficient (Wildman–Crippen LogP) is 1.05. The van der Waals surface area contributed by atoms with E-state index in [1.807, 2.05) is 6.07 Å². The molecule has 0 unspecified atom stereocenters. The topological polar surface area (TPSA) is 76.4 Å². The van der Waals surface area contributed by atoms with Crippen molar-refractivity contribution in [1.82, 2.24) is 24.4 Å². The minimum atomic E-state index is -0.0263. The van der Waals surface area contributed by atoms with Crippen molar-refractivity contribution in [3.05, 3.63) is 53.0 Å². The number of aryl methyl sites for hydroxylation is 1. The maximum absolute atomic E-state index is 12.2. The Morgan fingerprint density at radius 1 is 1.11 bits per heavy atom. The Hall–Kier alpha value is -3.00. The van der Waals surface area contributed by atoms with Gasteiger partial charge in [-0.05, 0) is 18.2 Å². The summed E-state index contributed by atoms with van der Waals surface area (Å²) < 4.78 is 6.93. The highest BCUT2D eigenvalue weighted by Gasteiger charge is 2.19. The number of fused-ring (bicyclic) bond motifs is 1. The van der Waals surface area contributed by atoms with Crippen LogP contribution in [0.4, 0.5) is 5.69 Å². The molecule has 0 radical (unpaired) electrons. The third-order valence-corrected chi connectivity index (χ3v) is 4.97. The Kier molecular flexibility index (Phi) is 4.72. The molecule has 3 heterocycles. The van der Waals surface area contributed by atoms with Gasteiger partial charge in [0.15, 0.2) is 0 Å². The summed E-state index contributed by atoms with van der Waals surface area (Å²) in [5.74, 6) is 0.589. The zero-order valence-electron chi connectivity index (χ0n) is 15.5. The summed E-state index contributed by atoms with van der Waals surface area (Å²) in [6, 6.07) is 6.16. The van der Waals surface area contributed by atoms with Gasteiger partial charge in [-0.1, -0.05) is 0 Å². The van der Waals surface area contributed by atoms with Crippen LogP contribution >= 0.6 is 0 Å². The highest BCUT2D eigenvalue weighted by atomic mass is 16.5. The van der Waals surface area contributed by atoms with E-state index in [0.717, 1.165) is 42.8 Å². The van der Waals surface area contributed by atoms with Crippen LogP contribution in [0.3, 0.4) is 0 Å². The molecule has 4 rings (SSSR count). The Morgan fingerprint density at radius 2 is 1.93 bits per heavy atom. The molecule has 0 spiro atoms. The molecule has 1 aliphatic rings.